The lowest BCUT2D eigenvalue weighted by atomic mass is 10.0. The third kappa shape index (κ3) is 6.57. The van der Waals surface area contributed by atoms with Crippen molar-refractivity contribution < 1.29 is 24.6 Å². The summed E-state index contributed by atoms with van der Waals surface area (Å²) in [5.41, 5.74) is 6.31. The highest BCUT2D eigenvalue weighted by Crippen LogP contribution is 2.12. The first-order valence-corrected chi connectivity index (χ1v) is 8.76. The van der Waals surface area contributed by atoms with Crippen molar-refractivity contribution in [3.63, 3.8) is 0 Å². The molecule has 2 amide bonds. The standard InChI is InChI=1S/C17H25N3O5S/c1-9(2)14(17(24)25)20-16(23)13(19-15(22)12(18)8-26)7-10-3-5-11(21)6-4-10/h3-6,9,12-14,21,26H,7-8,18H2,1-2H3,(H,19,22)(H,20,23)(H,24,25)/t12-,13-,14-/m0/s1. The maximum absolute atomic E-state index is 12.6. The number of rotatable bonds is 9. The third-order valence-corrected chi connectivity index (χ3v) is 4.17. The fourth-order valence-electron chi connectivity index (χ4n) is 2.21. The largest absolute Gasteiger partial charge is 0.508 e. The van der Waals surface area contributed by atoms with Gasteiger partial charge in [0.15, 0.2) is 0 Å². The van der Waals surface area contributed by atoms with E-state index in [9.17, 15) is 24.6 Å². The SMILES string of the molecule is CC(C)[C@H](NC(=O)[C@H](Cc1ccc(O)cc1)NC(=O)[C@@H](N)CS)C(=O)O. The van der Waals surface area contributed by atoms with Gasteiger partial charge in [0.05, 0.1) is 6.04 Å². The van der Waals surface area contributed by atoms with E-state index in [0.717, 1.165) is 0 Å². The van der Waals surface area contributed by atoms with Crippen molar-refractivity contribution in [3.8, 4) is 5.75 Å². The molecule has 0 spiro atoms. The van der Waals surface area contributed by atoms with Crippen LogP contribution in [0.1, 0.15) is 19.4 Å². The number of carbonyl (C=O) groups is 3. The molecule has 1 rings (SSSR count). The summed E-state index contributed by atoms with van der Waals surface area (Å²) >= 11 is 3.96. The van der Waals surface area contributed by atoms with Gasteiger partial charge in [-0.15, -0.1) is 0 Å². The Bertz CT molecular complexity index is 636. The van der Waals surface area contributed by atoms with Crippen LogP contribution in [-0.4, -0.2) is 51.9 Å². The van der Waals surface area contributed by atoms with Crippen molar-refractivity contribution in [1.29, 1.82) is 0 Å². The number of nitrogens with two attached hydrogens (primary N) is 1. The topological polar surface area (TPSA) is 142 Å². The molecule has 26 heavy (non-hydrogen) atoms. The van der Waals surface area contributed by atoms with Crippen LogP contribution >= 0.6 is 12.6 Å². The van der Waals surface area contributed by atoms with Crippen molar-refractivity contribution in [2.75, 3.05) is 5.75 Å². The van der Waals surface area contributed by atoms with E-state index in [4.69, 9.17) is 5.73 Å². The van der Waals surface area contributed by atoms with E-state index < -0.39 is 35.9 Å². The number of carboxylic acid groups (broad SMARTS) is 1. The number of phenolic OH excluding ortho intramolecular Hbond substituents is 1. The number of hydrogen-bond donors (Lipinski definition) is 6. The molecule has 0 aromatic heterocycles. The summed E-state index contributed by atoms with van der Waals surface area (Å²) in [4.78, 5) is 36.0. The van der Waals surface area contributed by atoms with Crippen LogP contribution in [0.15, 0.2) is 24.3 Å². The third-order valence-electron chi connectivity index (χ3n) is 3.77. The van der Waals surface area contributed by atoms with Gasteiger partial charge in [0.25, 0.3) is 0 Å². The van der Waals surface area contributed by atoms with E-state index in [2.05, 4.69) is 23.3 Å². The lowest BCUT2D eigenvalue weighted by Crippen LogP contribution is -2.56. The molecule has 3 atom stereocenters. The summed E-state index contributed by atoms with van der Waals surface area (Å²) in [5.74, 6) is -2.50. The van der Waals surface area contributed by atoms with Gasteiger partial charge in [0, 0.05) is 12.2 Å². The molecule has 0 aliphatic carbocycles. The Morgan fingerprint density at radius 1 is 1.12 bits per heavy atom. The van der Waals surface area contributed by atoms with Gasteiger partial charge >= 0.3 is 5.97 Å². The zero-order chi connectivity index (χ0) is 19.9. The van der Waals surface area contributed by atoms with Gasteiger partial charge in [-0.1, -0.05) is 26.0 Å². The molecule has 9 heteroatoms. The monoisotopic (exact) mass is 383 g/mol. The molecule has 1 aromatic carbocycles. The van der Waals surface area contributed by atoms with Gasteiger partial charge in [-0.25, -0.2) is 4.79 Å². The van der Waals surface area contributed by atoms with Crippen molar-refractivity contribution >= 4 is 30.4 Å². The quantitative estimate of drug-likeness (QED) is 0.329. The van der Waals surface area contributed by atoms with Gasteiger partial charge in [-0.05, 0) is 23.6 Å². The second-order valence-corrected chi connectivity index (χ2v) is 6.65. The average molecular weight is 383 g/mol. The number of aliphatic carboxylic acids is 1. The molecule has 0 bridgehead atoms. The second-order valence-electron chi connectivity index (χ2n) is 6.29. The lowest BCUT2D eigenvalue weighted by Gasteiger charge is -2.24. The number of nitrogens with one attached hydrogen (secondary N) is 2. The molecule has 0 fully saturated rings. The molecule has 144 valence electrons. The van der Waals surface area contributed by atoms with E-state index in [1.807, 2.05) is 0 Å². The summed E-state index contributed by atoms with van der Waals surface area (Å²) < 4.78 is 0. The van der Waals surface area contributed by atoms with E-state index >= 15 is 0 Å². The Balaban J connectivity index is 2.97. The second kappa shape index (κ2) is 10.0. The zero-order valence-electron chi connectivity index (χ0n) is 14.7. The van der Waals surface area contributed by atoms with Crippen LogP contribution in [-0.2, 0) is 20.8 Å². The van der Waals surface area contributed by atoms with Crippen LogP contribution in [0.5, 0.6) is 5.75 Å². The first-order chi connectivity index (χ1) is 12.1. The van der Waals surface area contributed by atoms with Crippen LogP contribution in [0.4, 0.5) is 0 Å². The summed E-state index contributed by atoms with van der Waals surface area (Å²) in [7, 11) is 0. The van der Waals surface area contributed by atoms with Crippen molar-refractivity contribution in [2.24, 2.45) is 11.7 Å². The minimum Gasteiger partial charge on any atom is -0.508 e. The Kier molecular flexibility index (Phi) is 8.40. The molecule has 6 N–H and O–H groups in total. The predicted molar refractivity (Wildman–Crippen MR) is 100.0 cm³/mol. The van der Waals surface area contributed by atoms with Crippen molar-refractivity contribution in [2.45, 2.75) is 38.4 Å². The highest BCUT2D eigenvalue weighted by Gasteiger charge is 2.29. The molecule has 1 aromatic rings. The Labute approximate surface area is 157 Å². The van der Waals surface area contributed by atoms with E-state index in [-0.39, 0.29) is 23.8 Å². The number of aromatic hydroxyl groups is 1. The summed E-state index contributed by atoms with van der Waals surface area (Å²) in [6.45, 7) is 3.34. The minimum atomic E-state index is -1.16. The van der Waals surface area contributed by atoms with Crippen LogP contribution in [0.3, 0.4) is 0 Å². The molecule has 0 heterocycles. The van der Waals surface area contributed by atoms with Gasteiger partial charge in [-0.2, -0.15) is 12.6 Å². The smallest absolute Gasteiger partial charge is 0.326 e. The molecule has 0 aliphatic heterocycles. The Morgan fingerprint density at radius 2 is 1.69 bits per heavy atom. The number of amides is 2. The first kappa shape index (κ1) is 21.8. The normalized spacial score (nSPS) is 14.3. The maximum atomic E-state index is 12.6. The molecule has 0 radical (unpaired) electrons. The van der Waals surface area contributed by atoms with Crippen LogP contribution in [0, 0.1) is 5.92 Å². The molecule has 0 saturated heterocycles. The molecular weight excluding hydrogens is 358 g/mol. The van der Waals surface area contributed by atoms with E-state index in [1.165, 1.54) is 12.1 Å². The number of hydrogen-bond acceptors (Lipinski definition) is 6. The molecular formula is C17H25N3O5S. The molecule has 0 unspecified atom stereocenters. The summed E-state index contributed by atoms with van der Waals surface area (Å²) in [6.07, 6.45) is 0.113. The number of carboxylic acids is 1. The van der Waals surface area contributed by atoms with Crippen LogP contribution < -0.4 is 16.4 Å². The van der Waals surface area contributed by atoms with E-state index in [0.29, 0.717) is 5.56 Å². The highest BCUT2D eigenvalue weighted by molar-refractivity contribution is 7.80. The van der Waals surface area contributed by atoms with Crippen molar-refractivity contribution in [3.05, 3.63) is 29.8 Å². The maximum Gasteiger partial charge on any atom is 0.326 e. The Morgan fingerprint density at radius 3 is 2.15 bits per heavy atom. The average Bonchev–Trinajstić information content (AvgIpc) is 2.59. The summed E-state index contributed by atoms with van der Waals surface area (Å²) in [5, 5.41) is 23.6. The number of thiol groups is 1. The molecule has 0 saturated carbocycles. The van der Waals surface area contributed by atoms with Gasteiger partial charge in [-0.3, -0.25) is 9.59 Å². The number of benzene rings is 1. The van der Waals surface area contributed by atoms with E-state index in [1.54, 1.807) is 26.0 Å². The lowest BCUT2D eigenvalue weighted by molar-refractivity contribution is -0.143. The number of carbonyl (C=O) groups excluding carboxylic acids is 2. The van der Waals surface area contributed by atoms with Gasteiger partial charge < -0.3 is 26.6 Å². The fraction of sp³-hybridized carbons (Fsp3) is 0.471. The predicted octanol–water partition coefficient (Wildman–Crippen LogP) is -0.0980. The Hall–Kier alpha value is -2.26. The van der Waals surface area contributed by atoms with Gasteiger partial charge in [0.1, 0.15) is 17.8 Å². The zero-order valence-corrected chi connectivity index (χ0v) is 15.6. The van der Waals surface area contributed by atoms with Gasteiger partial charge in [0.2, 0.25) is 11.8 Å². The van der Waals surface area contributed by atoms with Crippen LogP contribution in [0.2, 0.25) is 0 Å². The first-order valence-electron chi connectivity index (χ1n) is 8.13. The molecule has 8 nitrogen and oxygen atoms in total. The molecule has 0 aliphatic rings. The van der Waals surface area contributed by atoms with Crippen LogP contribution in [0.25, 0.3) is 0 Å². The fourth-order valence-corrected chi connectivity index (χ4v) is 2.37. The highest BCUT2D eigenvalue weighted by atomic mass is 32.1. The minimum absolute atomic E-state index is 0.0710. The summed E-state index contributed by atoms with van der Waals surface area (Å²) in [6, 6.07) is 3.14. The number of phenols is 1. The van der Waals surface area contributed by atoms with Crippen molar-refractivity contribution in [1.82, 2.24) is 10.6 Å².